The number of methoxy groups -OCH3 is 1. The zero-order valence-electron chi connectivity index (χ0n) is 18.6. The van der Waals surface area contributed by atoms with Gasteiger partial charge in [-0.2, -0.15) is 5.10 Å². The summed E-state index contributed by atoms with van der Waals surface area (Å²) in [7, 11) is 3.41. The minimum absolute atomic E-state index is 0.259. The van der Waals surface area contributed by atoms with Crippen LogP contribution in [0.4, 0.5) is 5.69 Å². The van der Waals surface area contributed by atoms with Crippen LogP contribution >= 0.6 is 11.6 Å². The zero-order valence-corrected chi connectivity index (χ0v) is 19.4. The normalized spacial score (nSPS) is 12.1. The summed E-state index contributed by atoms with van der Waals surface area (Å²) in [4.78, 5) is 17.4. The molecule has 0 radical (unpaired) electrons. The summed E-state index contributed by atoms with van der Waals surface area (Å²) in [5.41, 5.74) is 6.30. The molecule has 5 rings (SSSR count). The number of fused-ring (bicyclic) bond motifs is 1. The van der Waals surface area contributed by atoms with Crippen LogP contribution < -0.4 is 5.32 Å². The van der Waals surface area contributed by atoms with Crippen LogP contribution in [0.25, 0.3) is 27.9 Å². The molecule has 0 aliphatic heterocycles. The summed E-state index contributed by atoms with van der Waals surface area (Å²) < 4.78 is 9.25. The molecular formula is C26H22ClN5O2. The van der Waals surface area contributed by atoms with Gasteiger partial charge in [0.2, 0.25) is 0 Å². The number of halogens is 1. The van der Waals surface area contributed by atoms with Crippen molar-refractivity contribution in [2.75, 3.05) is 12.4 Å². The van der Waals surface area contributed by atoms with Crippen LogP contribution in [0.3, 0.4) is 0 Å². The van der Waals surface area contributed by atoms with Gasteiger partial charge in [-0.3, -0.25) is 14.5 Å². The Balaban J connectivity index is 1.38. The lowest BCUT2D eigenvalue weighted by Crippen LogP contribution is -2.22. The van der Waals surface area contributed by atoms with E-state index in [0.29, 0.717) is 10.7 Å². The van der Waals surface area contributed by atoms with Crippen molar-refractivity contribution >= 4 is 28.7 Å². The highest BCUT2D eigenvalue weighted by Gasteiger charge is 2.20. The minimum Gasteiger partial charge on any atom is -0.367 e. The van der Waals surface area contributed by atoms with Crippen molar-refractivity contribution in [1.29, 1.82) is 0 Å². The monoisotopic (exact) mass is 471 g/mol. The molecule has 34 heavy (non-hydrogen) atoms. The fourth-order valence-corrected chi connectivity index (χ4v) is 4.07. The second kappa shape index (κ2) is 9.13. The fraction of sp³-hybridized carbons (Fsp3) is 0.115. The van der Waals surface area contributed by atoms with E-state index in [9.17, 15) is 4.79 Å². The van der Waals surface area contributed by atoms with E-state index in [-0.39, 0.29) is 5.91 Å². The first-order chi connectivity index (χ1) is 16.5. The van der Waals surface area contributed by atoms with E-state index < -0.39 is 6.10 Å². The van der Waals surface area contributed by atoms with Gasteiger partial charge in [0.05, 0.1) is 17.4 Å². The quantitative estimate of drug-likeness (QED) is 0.361. The molecule has 0 aliphatic rings. The molecule has 0 saturated carbocycles. The van der Waals surface area contributed by atoms with E-state index in [1.54, 1.807) is 35.1 Å². The van der Waals surface area contributed by atoms with Crippen molar-refractivity contribution in [2.24, 2.45) is 7.05 Å². The molecule has 3 aromatic heterocycles. The van der Waals surface area contributed by atoms with Crippen LogP contribution in [0.2, 0.25) is 5.02 Å². The summed E-state index contributed by atoms with van der Waals surface area (Å²) >= 11 is 5.95. The maximum atomic E-state index is 12.8. The van der Waals surface area contributed by atoms with Gasteiger partial charge in [0, 0.05) is 66.3 Å². The van der Waals surface area contributed by atoms with Gasteiger partial charge in [0.15, 0.2) is 6.10 Å². The lowest BCUT2D eigenvalue weighted by atomic mass is 10.1. The number of rotatable bonds is 6. The second-order valence-corrected chi connectivity index (χ2v) is 8.37. The summed E-state index contributed by atoms with van der Waals surface area (Å²) in [6.07, 6.45) is 8.86. The number of aromatic nitrogens is 4. The van der Waals surface area contributed by atoms with Crippen LogP contribution in [-0.4, -0.2) is 32.2 Å². The number of carbonyl (C=O) groups excluding carboxylic acids is 1. The number of amides is 1. The Bertz CT molecular complexity index is 1460. The SMILES string of the molecule is CO[C@@H](C(=O)Nc1ccc(-c2nccn3cc(-c4cnn(C)c4)cc23)cc1)c1ccc(Cl)cc1. The molecule has 0 bridgehead atoms. The fourth-order valence-electron chi connectivity index (χ4n) is 3.94. The first-order valence-electron chi connectivity index (χ1n) is 10.7. The Kier molecular flexibility index (Phi) is 5.88. The Morgan fingerprint density at radius 3 is 2.47 bits per heavy atom. The molecule has 0 aliphatic carbocycles. The van der Waals surface area contributed by atoms with Crippen molar-refractivity contribution in [3.63, 3.8) is 0 Å². The largest absolute Gasteiger partial charge is 0.367 e. The van der Waals surface area contributed by atoms with Gasteiger partial charge in [-0.1, -0.05) is 35.9 Å². The van der Waals surface area contributed by atoms with Crippen LogP contribution in [0.1, 0.15) is 11.7 Å². The molecule has 0 spiro atoms. The molecule has 0 fully saturated rings. The number of hydrogen-bond acceptors (Lipinski definition) is 4. The van der Waals surface area contributed by atoms with Crippen LogP contribution in [0, 0.1) is 0 Å². The van der Waals surface area contributed by atoms with Gasteiger partial charge in [-0.25, -0.2) is 0 Å². The molecule has 7 nitrogen and oxygen atoms in total. The molecule has 0 saturated heterocycles. The van der Waals surface area contributed by atoms with Gasteiger partial charge >= 0.3 is 0 Å². The molecule has 1 atom stereocenters. The second-order valence-electron chi connectivity index (χ2n) is 7.93. The highest BCUT2D eigenvalue weighted by Crippen LogP contribution is 2.29. The molecular weight excluding hydrogens is 450 g/mol. The predicted molar refractivity (Wildman–Crippen MR) is 133 cm³/mol. The number of benzene rings is 2. The molecule has 1 amide bonds. The van der Waals surface area contributed by atoms with E-state index in [1.165, 1.54) is 7.11 Å². The number of nitrogens with zero attached hydrogens (tertiary/aromatic N) is 4. The summed E-state index contributed by atoms with van der Waals surface area (Å²) in [5.74, 6) is -0.259. The van der Waals surface area contributed by atoms with Crippen molar-refractivity contribution in [3.05, 3.63) is 96.2 Å². The van der Waals surface area contributed by atoms with Crippen LogP contribution in [0.15, 0.2) is 85.6 Å². The molecule has 2 aromatic carbocycles. The summed E-state index contributed by atoms with van der Waals surface area (Å²) in [6.45, 7) is 0. The average Bonchev–Trinajstić information content (AvgIpc) is 3.47. The maximum Gasteiger partial charge on any atom is 0.258 e. The van der Waals surface area contributed by atoms with Crippen molar-refractivity contribution in [3.8, 4) is 22.4 Å². The van der Waals surface area contributed by atoms with Gasteiger partial charge in [0.1, 0.15) is 0 Å². The number of anilines is 1. The molecule has 0 unspecified atom stereocenters. The number of nitrogens with one attached hydrogen (secondary N) is 1. The summed E-state index contributed by atoms with van der Waals surface area (Å²) in [5, 5.41) is 7.78. The van der Waals surface area contributed by atoms with E-state index in [4.69, 9.17) is 16.3 Å². The van der Waals surface area contributed by atoms with E-state index in [1.807, 2.05) is 49.9 Å². The van der Waals surface area contributed by atoms with E-state index >= 15 is 0 Å². The first-order valence-corrected chi connectivity index (χ1v) is 11.0. The Hall–Kier alpha value is -3.94. The topological polar surface area (TPSA) is 73.4 Å². The third kappa shape index (κ3) is 4.31. The summed E-state index contributed by atoms with van der Waals surface area (Å²) in [6, 6.07) is 16.7. The van der Waals surface area contributed by atoms with E-state index in [2.05, 4.69) is 32.1 Å². The minimum atomic E-state index is -0.737. The molecule has 8 heteroatoms. The lowest BCUT2D eigenvalue weighted by molar-refractivity contribution is -0.126. The maximum absolute atomic E-state index is 12.8. The van der Waals surface area contributed by atoms with Gasteiger partial charge in [-0.15, -0.1) is 0 Å². The number of carbonyl (C=O) groups is 1. The standard InChI is InChI=1S/C26H22ClN5O2/c1-31-15-20(14-29-31)19-13-23-24(28-11-12-32(23)16-19)17-5-9-22(10-6-17)30-26(33)25(34-2)18-3-7-21(27)8-4-18/h3-16,25H,1-2H3,(H,30,33)/t25-/m1/s1. The van der Waals surface area contributed by atoms with Gasteiger partial charge in [-0.05, 0) is 35.9 Å². The number of ether oxygens (including phenoxy) is 1. The van der Waals surface area contributed by atoms with Crippen molar-refractivity contribution in [1.82, 2.24) is 19.2 Å². The zero-order chi connectivity index (χ0) is 23.7. The lowest BCUT2D eigenvalue weighted by Gasteiger charge is -2.16. The molecule has 1 N–H and O–H groups in total. The van der Waals surface area contributed by atoms with Crippen LogP contribution in [-0.2, 0) is 16.6 Å². The number of hydrogen-bond donors (Lipinski definition) is 1. The average molecular weight is 472 g/mol. The third-order valence-electron chi connectivity index (χ3n) is 5.63. The van der Waals surface area contributed by atoms with Gasteiger partial charge in [0.25, 0.3) is 5.91 Å². The third-order valence-corrected chi connectivity index (χ3v) is 5.88. The Labute approximate surface area is 201 Å². The molecule has 170 valence electrons. The number of aryl methyl sites for hydroxylation is 1. The van der Waals surface area contributed by atoms with Crippen molar-refractivity contribution in [2.45, 2.75) is 6.10 Å². The Morgan fingerprint density at radius 1 is 1.03 bits per heavy atom. The molecule has 3 heterocycles. The smallest absolute Gasteiger partial charge is 0.258 e. The highest BCUT2D eigenvalue weighted by molar-refractivity contribution is 6.30. The first kappa shape index (κ1) is 21.9. The Morgan fingerprint density at radius 2 is 1.79 bits per heavy atom. The highest BCUT2D eigenvalue weighted by atomic mass is 35.5. The van der Waals surface area contributed by atoms with Gasteiger partial charge < -0.3 is 14.5 Å². The molecule has 5 aromatic rings. The predicted octanol–water partition coefficient (Wildman–Crippen LogP) is 5.38. The van der Waals surface area contributed by atoms with E-state index in [0.717, 1.165) is 33.5 Å². The van der Waals surface area contributed by atoms with Crippen LogP contribution in [0.5, 0.6) is 0 Å². The van der Waals surface area contributed by atoms with Crippen molar-refractivity contribution < 1.29 is 9.53 Å².